The van der Waals surface area contributed by atoms with Gasteiger partial charge in [0.2, 0.25) is 0 Å². The fraction of sp³-hybridized carbons (Fsp3) is 0.458. The van der Waals surface area contributed by atoms with Crippen molar-refractivity contribution < 1.29 is 14.3 Å². The van der Waals surface area contributed by atoms with E-state index in [1.165, 1.54) is 0 Å². The quantitative estimate of drug-likeness (QED) is 0.650. The second kappa shape index (κ2) is 8.67. The lowest BCUT2D eigenvalue weighted by atomic mass is 10.1. The maximum Gasteiger partial charge on any atom is 0.410 e. The zero-order valence-corrected chi connectivity index (χ0v) is 18.6. The molecule has 0 saturated carbocycles. The molecule has 4 rings (SSSR count). The van der Waals surface area contributed by atoms with Crippen molar-refractivity contribution in [3.8, 4) is 11.1 Å². The summed E-state index contributed by atoms with van der Waals surface area (Å²) in [5, 5.41) is 1.06. The number of aryl methyl sites for hydroxylation is 1. The number of H-pyrrole nitrogens is 1. The number of nitrogens with one attached hydrogen (secondary N) is 1. The molecule has 1 N–H and O–H groups in total. The van der Waals surface area contributed by atoms with Crippen LogP contribution in [0.1, 0.15) is 44.7 Å². The van der Waals surface area contributed by atoms with Gasteiger partial charge in [0.05, 0.1) is 12.7 Å². The van der Waals surface area contributed by atoms with Gasteiger partial charge in [0.15, 0.2) is 0 Å². The first kappa shape index (κ1) is 21.3. The fourth-order valence-electron chi connectivity index (χ4n) is 3.81. The molecular weight excluding hydrogens is 392 g/mol. The largest absolute Gasteiger partial charge is 0.444 e. The van der Waals surface area contributed by atoms with E-state index in [-0.39, 0.29) is 12.2 Å². The first-order valence-electron chi connectivity index (χ1n) is 10.8. The summed E-state index contributed by atoms with van der Waals surface area (Å²) in [6.07, 6.45) is 9.05. The van der Waals surface area contributed by atoms with E-state index < -0.39 is 5.60 Å². The van der Waals surface area contributed by atoms with Crippen molar-refractivity contribution in [3.63, 3.8) is 0 Å². The first-order chi connectivity index (χ1) is 14.8. The Kier molecular flexibility index (Phi) is 5.96. The molecule has 7 heteroatoms. The summed E-state index contributed by atoms with van der Waals surface area (Å²) in [7, 11) is 0. The Balaban J connectivity index is 1.37. The first-order valence-corrected chi connectivity index (χ1v) is 10.8. The van der Waals surface area contributed by atoms with Crippen molar-refractivity contribution in [1.82, 2.24) is 19.9 Å². The van der Waals surface area contributed by atoms with Crippen LogP contribution in [0.25, 0.3) is 22.2 Å². The van der Waals surface area contributed by atoms with Gasteiger partial charge in [-0.3, -0.25) is 4.98 Å². The predicted molar refractivity (Wildman–Crippen MR) is 120 cm³/mol. The zero-order valence-electron chi connectivity index (χ0n) is 18.6. The number of nitrogens with zero attached hydrogens (tertiary/aromatic N) is 3. The van der Waals surface area contributed by atoms with E-state index in [2.05, 4.69) is 27.1 Å². The molecule has 0 bridgehead atoms. The topological polar surface area (TPSA) is 80.3 Å². The number of fused-ring (bicyclic) bond motifs is 1. The van der Waals surface area contributed by atoms with Crippen molar-refractivity contribution in [2.75, 3.05) is 13.1 Å². The number of hydrogen-bond acceptors (Lipinski definition) is 5. The van der Waals surface area contributed by atoms with Crippen LogP contribution in [-0.2, 0) is 16.1 Å². The van der Waals surface area contributed by atoms with Crippen molar-refractivity contribution in [2.45, 2.75) is 58.8 Å². The van der Waals surface area contributed by atoms with Crippen LogP contribution in [0.15, 0.2) is 36.9 Å². The maximum atomic E-state index is 12.2. The van der Waals surface area contributed by atoms with Gasteiger partial charge in [0, 0.05) is 54.4 Å². The van der Waals surface area contributed by atoms with Crippen molar-refractivity contribution in [3.05, 3.63) is 48.0 Å². The summed E-state index contributed by atoms with van der Waals surface area (Å²) in [4.78, 5) is 26.1. The second-order valence-corrected chi connectivity index (χ2v) is 9.17. The summed E-state index contributed by atoms with van der Waals surface area (Å²) >= 11 is 0. The van der Waals surface area contributed by atoms with Gasteiger partial charge in [-0.05, 0) is 63.8 Å². The highest BCUT2D eigenvalue weighted by Gasteiger charge is 2.27. The number of aromatic nitrogens is 3. The lowest BCUT2D eigenvalue weighted by Crippen LogP contribution is -2.43. The molecule has 0 unspecified atom stereocenters. The number of piperidine rings is 1. The smallest absolute Gasteiger partial charge is 0.410 e. The van der Waals surface area contributed by atoms with E-state index in [1.807, 2.05) is 52.5 Å². The highest BCUT2D eigenvalue weighted by Crippen LogP contribution is 2.28. The molecule has 0 radical (unpaired) electrons. The number of pyridine rings is 2. The summed E-state index contributed by atoms with van der Waals surface area (Å²) in [5.41, 5.74) is 4.69. The summed E-state index contributed by atoms with van der Waals surface area (Å²) in [5.74, 6) is 0. The molecule has 0 aromatic carbocycles. The number of ether oxygens (including phenoxy) is 2. The van der Waals surface area contributed by atoms with Gasteiger partial charge in [-0.15, -0.1) is 0 Å². The van der Waals surface area contributed by atoms with Gasteiger partial charge >= 0.3 is 6.09 Å². The zero-order chi connectivity index (χ0) is 22.0. The Hall–Kier alpha value is -2.93. The van der Waals surface area contributed by atoms with E-state index >= 15 is 0 Å². The Morgan fingerprint density at radius 1 is 1.19 bits per heavy atom. The molecule has 164 valence electrons. The van der Waals surface area contributed by atoms with E-state index in [1.54, 1.807) is 4.90 Å². The van der Waals surface area contributed by atoms with Crippen LogP contribution in [0.3, 0.4) is 0 Å². The number of aromatic amines is 1. The third-order valence-corrected chi connectivity index (χ3v) is 5.35. The van der Waals surface area contributed by atoms with Gasteiger partial charge in [-0.1, -0.05) is 0 Å². The van der Waals surface area contributed by atoms with Crippen LogP contribution in [-0.4, -0.2) is 50.7 Å². The van der Waals surface area contributed by atoms with Gasteiger partial charge in [-0.25, -0.2) is 9.78 Å². The molecule has 0 spiro atoms. The number of hydrogen-bond donors (Lipinski definition) is 1. The molecule has 7 nitrogen and oxygen atoms in total. The van der Waals surface area contributed by atoms with E-state index in [0.717, 1.165) is 46.1 Å². The second-order valence-electron chi connectivity index (χ2n) is 9.17. The minimum Gasteiger partial charge on any atom is -0.444 e. The van der Waals surface area contributed by atoms with Crippen LogP contribution >= 0.6 is 0 Å². The molecule has 0 atom stereocenters. The normalized spacial score (nSPS) is 15.4. The van der Waals surface area contributed by atoms with Gasteiger partial charge in [0.25, 0.3) is 0 Å². The molecular formula is C24H30N4O3. The lowest BCUT2D eigenvalue weighted by Gasteiger charge is -2.33. The van der Waals surface area contributed by atoms with Crippen LogP contribution in [0.5, 0.6) is 0 Å². The maximum absolute atomic E-state index is 12.2. The number of likely N-dealkylation sites (tertiary alicyclic amines) is 1. The Morgan fingerprint density at radius 2 is 1.97 bits per heavy atom. The van der Waals surface area contributed by atoms with Crippen LogP contribution < -0.4 is 0 Å². The molecule has 3 aromatic heterocycles. The van der Waals surface area contributed by atoms with Crippen molar-refractivity contribution >= 4 is 17.1 Å². The predicted octanol–water partition coefficient (Wildman–Crippen LogP) is 4.85. The van der Waals surface area contributed by atoms with Gasteiger partial charge < -0.3 is 19.4 Å². The Bertz CT molecular complexity index is 1060. The van der Waals surface area contributed by atoms with Crippen LogP contribution in [0, 0.1) is 6.92 Å². The third-order valence-electron chi connectivity index (χ3n) is 5.35. The van der Waals surface area contributed by atoms with Crippen molar-refractivity contribution in [2.24, 2.45) is 0 Å². The van der Waals surface area contributed by atoms with E-state index in [4.69, 9.17) is 9.47 Å². The molecule has 1 fully saturated rings. The van der Waals surface area contributed by atoms with Crippen molar-refractivity contribution in [1.29, 1.82) is 0 Å². The molecule has 0 aliphatic carbocycles. The van der Waals surface area contributed by atoms with Gasteiger partial charge in [-0.2, -0.15) is 0 Å². The summed E-state index contributed by atoms with van der Waals surface area (Å²) in [6, 6.07) is 4.25. The van der Waals surface area contributed by atoms with E-state index in [0.29, 0.717) is 19.7 Å². The minimum absolute atomic E-state index is 0.126. The highest BCUT2D eigenvalue weighted by molar-refractivity contribution is 5.93. The molecule has 1 saturated heterocycles. The SMILES string of the molecule is Cc1cncc(-c2c[nH]c3ncc(COC4CCN(C(=O)OC(C)(C)C)CC4)cc23)c1. The molecule has 1 aliphatic rings. The molecule has 31 heavy (non-hydrogen) atoms. The third kappa shape index (κ3) is 5.22. The van der Waals surface area contributed by atoms with E-state index in [9.17, 15) is 4.79 Å². The van der Waals surface area contributed by atoms with Crippen LogP contribution in [0.4, 0.5) is 4.79 Å². The minimum atomic E-state index is -0.471. The number of carbonyl (C=O) groups excluding carboxylic acids is 1. The average molecular weight is 423 g/mol. The Labute approximate surface area is 182 Å². The summed E-state index contributed by atoms with van der Waals surface area (Å²) < 4.78 is 11.6. The lowest BCUT2D eigenvalue weighted by molar-refractivity contribution is -0.0170. The number of rotatable bonds is 4. The number of carbonyl (C=O) groups is 1. The summed E-state index contributed by atoms with van der Waals surface area (Å²) in [6.45, 7) is 9.50. The molecule has 3 aromatic rings. The number of amides is 1. The monoisotopic (exact) mass is 422 g/mol. The molecule has 4 heterocycles. The average Bonchev–Trinajstić information content (AvgIpc) is 3.15. The van der Waals surface area contributed by atoms with Crippen LogP contribution in [0.2, 0.25) is 0 Å². The van der Waals surface area contributed by atoms with Gasteiger partial charge in [0.1, 0.15) is 11.2 Å². The standard InChI is InChI=1S/C24H30N4O3/c1-16-9-18(13-25-11-16)21-14-27-22-20(21)10-17(12-26-22)15-30-19-5-7-28(8-6-19)23(29)31-24(2,3)4/h9-14,19H,5-8,15H2,1-4H3,(H,26,27). The fourth-order valence-corrected chi connectivity index (χ4v) is 3.81. The molecule has 1 aliphatic heterocycles. The molecule has 1 amide bonds. The highest BCUT2D eigenvalue weighted by atomic mass is 16.6. The Morgan fingerprint density at radius 3 is 2.68 bits per heavy atom.